The van der Waals surface area contributed by atoms with Crippen molar-refractivity contribution in [2.24, 2.45) is 29.6 Å². The van der Waals surface area contributed by atoms with Crippen LogP contribution in [-0.2, 0) is 41.5 Å². The first-order valence-corrected chi connectivity index (χ1v) is 18.7. The quantitative estimate of drug-likeness (QED) is 0.221. The van der Waals surface area contributed by atoms with Crippen LogP contribution >= 0.6 is 0 Å². The molecular weight excluding hydrogens is 656 g/mol. The molecule has 2 saturated heterocycles. The van der Waals surface area contributed by atoms with Crippen molar-refractivity contribution < 1.29 is 28.5 Å². The lowest BCUT2D eigenvalue weighted by Gasteiger charge is -2.56. The van der Waals surface area contributed by atoms with E-state index in [1.165, 1.54) is 30.9 Å². The minimum Gasteiger partial charge on any atom is -0.497 e. The molecule has 2 fully saturated rings. The summed E-state index contributed by atoms with van der Waals surface area (Å²) in [6.07, 6.45) is 4.61. The number of methoxy groups -OCH3 is 2. The van der Waals surface area contributed by atoms with Gasteiger partial charge in [0, 0.05) is 77.0 Å². The van der Waals surface area contributed by atoms with E-state index in [4.69, 9.17) is 23.9 Å². The van der Waals surface area contributed by atoms with E-state index in [0.717, 1.165) is 59.3 Å². The van der Waals surface area contributed by atoms with Crippen LogP contribution in [0.25, 0.3) is 33.1 Å². The van der Waals surface area contributed by atoms with Gasteiger partial charge in [0.2, 0.25) is 0 Å². The number of H-pyrrole nitrogens is 1. The fraction of sp³-hybridized carbons (Fsp3) is 0.452. The van der Waals surface area contributed by atoms with Crippen molar-refractivity contribution in [2.75, 3.05) is 27.3 Å². The minimum absolute atomic E-state index is 0.0117. The van der Waals surface area contributed by atoms with Crippen LogP contribution in [0, 0.1) is 29.6 Å². The van der Waals surface area contributed by atoms with Gasteiger partial charge in [-0.05, 0) is 56.4 Å². The van der Waals surface area contributed by atoms with Crippen LogP contribution in [0.15, 0.2) is 72.6 Å². The summed E-state index contributed by atoms with van der Waals surface area (Å²) in [7, 11) is 2.90. The van der Waals surface area contributed by atoms with Gasteiger partial charge in [0.05, 0.1) is 67.1 Å². The maximum atomic E-state index is 14.5. The zero-order chi connectivity index (χ0) is 35.4. The van der Waals surface area contributed by atoms with E-state index in [1.807, 2.05) is 18.2 Å². The Morgan fingerprint density at radius 1 is 0.904 bits per heavy atom. The molecule has 1 aromatic heterocycles. The molecule has 0 radical (unpaired) electrons. The summed E-state index contributed by atoms with van der Waals surface area (Å²) in [5.74, 6) is -1.97. The number of esters is 2. The average Bonchev–Trinajstić information content (AvgIpc) is 3.75. The number of fused-ring (bicyclic) bond motifs is 12. The Labute approximate surface area is 302 Å². The zero-order valence-electron chi connectivity index (χ0n) is 30.0. The molecule has 10 unspecified atom stereocenters. The number of piperidine rings is 1. The highest BCUT2D eigenvalue weighted by atomic mass is 16.5. The number of benzene rings is 2. The summed E-state index contributed by atoms with van der Waals surface area (Å²) in [4.78, 5) is 39.7. The molecule has 10 nitrogen and oxygen atoms in total. The highest BCUT2D eigenvalue weighted by Crippen LogP contribution is 2.57. The van der Waals surface area contributed by atoms with E-state index >= 15 is 0 Å². The average molecular weight is 701 g/mol. The molecule has 10 rings (SSSR count). The first kappa shape index (κ1) is 32.0. The number of pyridine rings is 1. The Kier molecular flexibility index (Phi) is 7.35. The molecule has 10 atom stereocenters. The van der Waals surface area contributed by atoms with Gasteiger partial charge in [-0.2, -0.15) is 0 Å². The van der Waals surface area contributed by atoms with Gasteiger partial charge in [-0.15, -0.1) is 0 Å². The van der Waals surface area contributed by atoms with Crippen LogP contribution < -0.4 is 0 Å². The molecule has 0 spiro atoms. The lowest BCUT2D eigenvalue weighted by atomic mass is 9.60. The Morgan fingerprint density at radius 3 is 2.54 bits per heavy atom. The predicted octanol–water partition coefficient (Wildman–Crippen LogP) is 6.24. The summed E-state index contributed by atoms with van der Waals surface area (Å²) in [5.41, 5.74) is 8.12. The summed E-state index contributed by atoms with van der Waals surface area (Å²) < 4.78 is 26.8. The fourth-order valence-corrected chi connectivity index (χ4v) is 11.1. The Morgan fingerprint density at radius 2 is 1.71 bits per heavy atom. The van der Waals surface area contributed by atoms with Gasteiger partial charge in [0.1, 0.15) is 6.10 Å². The second kappa shape index (κ2) is 11.9. The number of nitrogens with zero attached hydrogens (tertiary/aromatic N) is 3. The van der Waals surface area contributed by atoms with Crippen molar-refractivity contribution in [3.8, 4) is 11.3 Å². The number of nitrogens with one attached hydrogen (secondary N) is 1. The molecular formula is C42H44N4O6. The van der Waals surface area contributed by atoms with E-state index in [1.54, 1.807) is 6.26 Å². The summed E-state index contributed by atoms with van der Waals surface area (Å²) in [6, 6.07) is 19.1. The number of rotatable bonds is 3. The molecule has 0 saturated carbocycles. The number of ether oxygens (including phenoxy) is 4. The maximum absolute atomic E-state index is 14.5. The Hall–Kier alpha value is -4.67. The molecule has 0 bridgehead atoms. The summed E-state index contributed by atoms with van der Waals surface area (Å²) in [5, 5.41) is 2.37. The van der Waals surface area contributed by atoms with Crippen molar-refractivity contribution in [3.05, 3.63) is 89.6 Å². The van der Waals surface area contributed by atoms with Gasteiger partial charge in [0.25, 0.3) is 0 Å². The molecule has 2 aromatic carbocycles. The van der Waals surface area contributed by atoms with Crippen molar-refractivity contribution in [2.45, 2.75) is 63.5 Å². The van der Waals surface area contributed by atoms with Gasteiger partial charge < -0.3 is 28.5 Å². The minimum atomic E-state index is -0.594. The van der Waals surface area contributed by atoms with Crippen molar-refractivity contribution in [1.82, 2.24) is 19.4 Å². The Balaban J connectivity index is 1.15. The van der Waals surface area contributed by atoms with E-state index < -0.39 is 23.9 Å². The highest BCUT2D eigenvalue weighted by Gasteiger charge is 2.59. The van der Waals surface area contributed by atoms with Gasteiger partial charge in [-0.25, -0.2) is 9.78 Å². The second-order valence-corrected chi connectivity index (χ2v) is 15.6. The van der Waals surface area contributed by atoms with Crippen molar-refractivity contribution in [1.29, 1.82) is 0 Å². The number of hydrogen-bond acceptors (Lipinski definition) is 8. The number of carbonyl (C=O) groups excluding carboxylic acids is 2. The summed E-state index contributed by atoms with van der Waals surface area (Å²) >= 11 is 0. The van der Waals surface area contributed by atoms with Crippen LogP contribution in [0.3, 0.4) is 0 Å². The van der Waals surface area contributed by atoms with Crippen molar-refractivity contribution in [3.63, 3.8) is 0 Å². The lowest BCUT2D eigenvalue weighted by Crippen LogP contribution is -2.61. The van der Waals surface area contributed by atoms with Crippen molar-refractivity contribution >= 4 is 33.7 Å². The first-order valence-electron chi connectivity index (χ1n) is 18.7. The smallest absolute Gasteiger partial charge is 0.337 e. The monoisotopic (exact) mass is 700 g/mol. The molecule has 8 heterocycles. The van der Waals surface area contributed by atoms with Gasteiger partial charge in [0.15, 0.2) is 0 Å². The largest absolute Gasteiger partial charge is 0.497 e. The number of para-hydroxylation sites is 2. The van der Waals surface area contributed by atoms with Crippen LogP contribution in [-0.4, -0.2) is 77.0 Å². The van der Waals surface area contributed by atoms with Gasteiger partial charge >= 0.3 is 11.9 Å². The van der Waals surface area contributed by atoms with Gasteiger partial charge in [-0.1, -0.05) is 36.4 Å². The van der Waals surface area contributed by atoms with Crippen LogP contribution in [0.1, 0.15) is 49.2 Å². The van der Waals surface area contributed by atoms with Crippen LogP contribution in [0.2, 0.25) is 0 Å². The SMILES string of the molecule is COC(=O)C1=COC(C)C2Cn3ccc4c5ccccc5nc-4c3C(C3OC(C)C4CN5CCc6c([nH]c7ccccc67)C5CC4C3C(=O)OC)C12. The van der Waals surface area contributed by atoms with Gasteiger partial charge in [-0.3, -0.25) is 9.69 Å². The second-order valence-electron chi connectivity index (χ2n) is 15.6. The first-order chi connectivity index (χ1) is 25.4. The topological polar surface area (TPSA) is 108 Å². The molecule has 3 aromatic rings. The summed E-state index contributed by atoms with van der Waals surface area (Å²) in [6.45, 7) is 6.67. The predicted molar refractivity (Wildman–Crippen MR) is 194 cm³/mol. The maximum Gasteiger partial charge on any atom is 0.337 e. The third-order valence-corrected chi connectivity index (χ3v) is 13.4. The highest BCUT2D eigenvalue weighted by molar-refractivity contribution is 5.98. The Bertz CT molecular complexity index is 2240. The van der Waals surface area contributed by atoms with Crippen LogP contribution in [0.4, 0.5) is 0 Å². The molecule has 7 aliphatic heterocycles. The third-order valence-electron chi connectivity index (χ3n) is 13.4. The molecule has 7 aliphatic rings. The number of hydrogen-bond donors (Lipinski definition) is 1. The molecule has 1 N–H and O–H groups in total. The van der Waals surface area contributed by atoms with Crippen LogP contribution in [0.5, 0.6) is 0 Å². The molecule has 10 heteroatoms. The van der Waals surface area contributed by atoms with E-state index in [0.29, 0.717) is 12.1 Å². The van der Waals surface area contributed by atoms with E-state index in [-0.39, 0.29) is 47.9 Å². The molecule has 268 valence electrons. The number of aromatic nitrogens is 3. The number of aromatic amines is 1. The number of carbonyl (C=O) groups is 2. The third kappa shape index (κ3) is 4.52. The lowest BCUT2D eigenvalue weighted by molar-refractivity contribution is -0.200. The fourth-order valence-electron chi connectivity index (χ4n) is 11.1. The molecule has 0 amide bonds. The normalized spacial score (nSPS) is 32.5. The zero-order valence-corrected chi connectivity index (χ0v) is 30.0. The van der Waals surface area contributed by atoms with E-state index in [9.17, 15) is 9.59 Å². The molecule has 0 aliphatic carbocycles. The standard InChI is InChI=1S/C42H44N4O6/c1-21-29-19-46-16-14-26-24-10-6-8-12-32(24)44-38(26)39(46)36(34(29)30(20-51-21)41(47)49-3)40-35(42(48)50-4)27-17-33-37-25(23-9-5-7-11-31(23)43-37)13-15-45(33)18-28(27)22(2)52-40/h5-12,14,16,20-22,27-29,33-36,40,43H,13,15,17-19H2,1-4H3. The molecule has 52 heavy (non-hydrogen) atoms. The van der Waals surface area contributed by atoms with E-state index in [2.05, 4.69) is 70.9 Å².